The van der Waals surface area contributed by atoms with Crippen molar-refractivity contribution in [2.24, 2.45) is 5.84 Å². The highest BCUT2D eigenvalue weighted by molar-refractivity contribution is 5.92. The first kappa shape index (κ1) is 13.0. The van der Waals surface area contributed by atoms with Crippen molar-refractivity contribution in [2.75, 3.05) is 12.0 Å². The maximum Gasteiger partial charge on any atom is 0.269 e. The highest BCUT2D eigenvalue weighted by atomic mass is 16.1. The predicted octanol–water partition coefficient (Wildman–Crippen LogP) is 0.302. The Morgan fingerprint density at radius 3 is 2.84 bits per heavy atom. The minimum atomic E-state index is -0.215. The topological polar surface area (TPSA) is 97.9 Å². The molecule has 0 aromatic carbocycles. The molecule has 0 aliphatic carbocycles. The summed E-state index contributed by atoms with van der Waals surface area (Å²) in [5, 5.41) is 6.92. The molecule has 100 valence electrons. The van der Waals surface area contributed by atoms with Crippen LogP contribution in [0.5, 0.6) is 0 Å². The van der Waals surface area contributed by atoms with E-state index < -0.39 is 0 Å². The molecule has 7 nitrogen and oxygen atoms in total. The third kappa shape index (κ3) is 3.52. The van der Waals surface area contributed by atoms with Gasteiger partial charge in [-0.3, -0.25) is 15.3 Å². The SMILES string of the molecule is Cc1cnn(CCNC(=O)c2ccc(NN)cn2)c1. The molecule has 0 radical (unpaired) electrons. The number of rotatable bonds is 5. The molecule has 19 heavy (non-hydrogen) atoms. The minimum Gasteiger partial charge on any atom is -0.349 e. The molecule has 0 spiro atoms. The number of hydrogen-bond acceptors (Lipinski definition) is 5. The Balaban J connectivity index is 1.83. The number of aryl methyl sites for hydroxylation is 1. The van der Waals surface area contributed by atoms with Gasteiger partial charge in [-0.1, -0.05) is 0 Å². The van der Waals surface area contributed by atoms with Crippen LogP contribution >= 0.6 is 0 Å². The number of nitrogen functional groups attached to an aromatic ring is 1. The van der Waals surface area contributed by atoms with E-state index in [-0.39, 0.29) is 5.91 Å². The van der Waals surface area contributed by atoms with Crippen molar-refractivity contribution in [3.05, 3.63) is 42.0 Å². The molecule has 0 bridgehead atoms. The average molecular weight is 260 g/mol. The Hall–Kier alpha value is -2.41. The van der Waals surface area contributed by atoms with Crippen LogP contribution in [0.3, 0.4) is 0 Å². The molecule has 2 aromatic heterocycles. The zero-order valence-electron chi connectivity index (χ0n) is 10.6. The van der Waals surface area contributed by atoms with Gasteiger partial charge in [0.1, 0.15) is 5.69 Å². The number of pyridine rings is 1. The molecule has 4 N–H and O–H groups in total. The highest BCUT2D eigenvalue weighted by Crippen LogP contribution is 2.03. The lowest BCUT2D eigenvalue weighted by molar-refractivity contribution is 0.0947. The molecule has 0 aliphatic rings. The quantitative estimate of drug-likeness (QED) is 0.530. The number of nitrogens with one attached hydrogen (secondary N) is 2. The number of nitrogens with zero attached hydrogens (tertiary/aromatic N) is 3. The summed E-state index contributed by atoms with van der Waals surface area (Å²) in [6.07, 6.45) is 5.21. The van der Waals surface area contributed by atoms with Gasteiger partial charge in [-0.25, -0.2) is 4.98 Å². The summed E-state index contributed by atoms with van der Waals surface area (Å²) >= 11 is 0. The molecule has 0 saturated heterocycles. The number of hydrogen-bond donors (Lipinski definition) is 3. The van der Waals surface area contributed by atoms with Crippen molar-refractivity contribution < 1.29 is 4.79 Å². The van der Waals surface area contributed by atoms with Gasteiger partial charge >= 0.3 is 0 Å². The van der Waals surface area contributed by atoms with Gasteiger partial charge in [0.2, 0.25) is 0 Å². The molecule has 2 rings (SSSR count). The van der Waals surface area contributed by atoms with Crippen LogP contribution in [0, 0.1) is 6.92 Å². The van der Waals surface area contributed by atoms with Crippen molar-refractivity contribution in [3.63, 3.8) is 0 Å². The van der Waals surface area contributed by atoms with E-state index in [1.807, 2.05) is 13.1 Å². The summed E-state index contributed by atoms with van der Waals surface area (Å²) in [6.45, 7) is 3.10. The number of carbonyl (C=O) groups excluding carboxylic acids is 1. The van der Waals surface area contributed by atoms with Gasteiger partial charge in [0.05, 0.1) is 24.6 Å². The smallest absolute Gasteiger partial charge is 0.269 e. The van der Waals surface area contributed by atoms with E-state index >= 15 is 0 Å². The van der Waals surface area contributed by atoms with E-state index in [2.05, 4.69) is 20.8 Å². The van der Waals surface area contributed by atoms with Crippen LogP contribution in [0.2, 0.25) is 0 Å². The van der Waals surface area contributed by atoms with Crippen molar-refractivity contribution in [2.45, 2.75) is 13.5 Å². The molecule has 2 heterocycles. The van der Waals surface area contributed by atoms with Crippen LogP contribution in [-0.4, -0.2) is 27.2 Å². The van der Waals surface area contributed by atoms with E-state index in [9.17, 15) is 4.79 Å². The summed E-state index contributed by atoms with van der Waals surface area (Å²) in [6, 6.07) is 3.31. The number of anilines is 1. The lowest BCUT2D eigenvalue weighted by Gasteiger charge is -2.05. The van der Waals surface area contributed by atoms with Crippen LogP contribution in [-0.2, 0) is 6.54 Å². The second-order valence-electron chi connectivity index (χ2n) is 4.11. The maximum atomic E-state index is 11.8. The number of amides is 1. The molecule has 0 fully saturated rings. The first-order valence-electron chi connectivity index (χ1n) is 5.89. The van der Waals surface area contributed by atoms with Crippen LogP contribution in [0.4, 0.5) is 5.69 Å². The maximum absolute atomic E-state index is 11.8. The van der Waals surface area contributed by atoms with Crippen LogP contribution in [0.15, 0.2) is 30.7 Å². The van der Waals surface area contributed by atoms with E-state index in [1.165, 1.54) is 6.20 Å². The minimum absolute atomic E-state index is 0.215. The third-order valence-electron chi connectivity index (χ3n) is 2.55. The molecule has 1 amide bonds. The first-order chi connectivity index (χ1) is 9.19. The highest BCUT2D eigenvalue weighted by Gasteiger charge is 2.06. The van der Waals surface area contributed by atoms with Gasteiger partial charge in [-0.05, 0) is 24.6 Å². The Bertz CT molecular complexity index is 548. The Morgan fingerprint density at radius 1 is 1.42 bits per heavy atom. The molecule has 0 saturated carbocycles. The van der Waals surface area contributed by atoms with Gasteiger partial charge in [0.25, 0.3) is 5.91 Å². The van der Waals surface area contributed by atoms with Gasteiger partial charge in [-0.2, -0.15) is 5.10 Å². The Labute approximate surface area is 110 Å². The van der Waals surface area contributed by atoms with E-state index in [0.29, 0.717) is 24.5 Å². The van der Waals surface area contributed by atoms with Gasteiger partial charge in [0, 0.05) is 12.7 Å². The molecule has 7 heteroatoms. The van der Waals surface area contributed by atoms with Gasteiger partial charge in [0.15, 0.2) is 0 Å². The molecular weight excluding hydrogens is 244 g/mol. The van der Waals surface area contributed by atoms with E-state index in [1.54, 1.807) is 23.0 Å². The first-order valence-corrected chi connectivity index (χ1v) is 5.89. The van der Waals surface area contributed by atoms with Gasteiger partial charge < -0.3 is 10.7 Å². The van der Waals surface area contributed by atoms with E-state index in [0.717, 1.165) is 5.56 Å². The predicted molar refractivity (Wildman–Crippen MR) is 71.3 cm³/mol. The van der Waals surface area contributed by atoms with Gasteiger partial charge in [-0.15, -0.1) is 0 Å². The zero-order valence-corrected chi connectivity index (χ0v) is 10.6. The zero-order chi connectivity index (χ0) is 13.7. The Kier molecular flexibility index (Phi) is 4.09. The largest absolute Gasteiger partial charge is 0.349 e. The standard InChI is InChI=1S/C12H16N6O/c1-9-6-16-18(8-9)5-4-14-12(19)11-3-2-10(17-13)7-15-11/h2-3,6-8,17H,4-5,13H2,1H3,(H,14,19). The summed E-state index contributed by atoms with van der Waals surface area (Å²) in [7, 11) is 0. The fourth-order valence-corrected chi connectivity index (χ4v) is 1.58. The van der Waals surface area contributed by atoms with Crippen molar-refractivity contribution in [1.82, 2.24) is 20.1 Å². The third-order valence-corrected chi connectivity index (χ3v) is 2.55. The summed E-state index contributed by atoms with van der Waals surface area (Å²) in [5.74, 6) is 5.01. The Morgan fingerprint density at radius 2 is 2.26 bits per heavy atom. The second-order valence-corrected chi connectivity index (χ2v) is 4.11. The van der Waals surface area contributed by atoms with Crippen molar-refractivity contribution >= 4 is 11.6 Å². The number of aromatic nitrogens is 3. The normalized spacial score (nSPS) is 10.2. The van der Waals surface area contributed by atoms with E-state index in [4.69, 9.17) is 5.84 Å². The molecule has 0 aliphatic heterocycles. The number of nitrogens with two attached hydrogens (primary N) is 1. The second kappa shape index (κ2) is 5.96. The summed E-state index contributed by atoms with van der Waals surface area (Å²) < 4.78 is 1.78. The number of hydrazine groups is 1. The summed E-state index contributed by atoms with van der Waals surface area (Å²) in [4.78, 5) is 15.8. The molecule has 0 atom stereocenters. The molecule has 2 aromatic rings. The lowest BCUT2D eigenvalue weighted by Crippen LogP contribution is -2.28. The monoisotopic (exact) mass is 260 g/mol. The fourth-order valence-electron chi connectivity index (χ4n) is 1.58. The fraction of sp³-hybridized carbons (Fsp3) is 0.250. The van der Waals surface area contributed by atoms with Crippen molar-refractivity contribution in [1.29, 1.82) is 0 Å². The van der Waals surface area contributed by atoms with Crippen LogP contribution in [0.1, 0.15) is 16.1 Å². The molecule has 0 unspecified atom stereocenters. The lowest BCUT2D eigenvalue weighted by atomic mass is 10.3. The van der Waals surface area contributed by atoms with Crippen molar-refractivity contribution in [3.8, 4) is 0 Å². The molecular formula is C12H16N6O. The average Bonchev–Trinajstić information content (AvgIpc) is 2.84. The van der Waals surface area contributed by atoms with Crippen LogP contribution < -0.4 is 16.6 Å². The van der Waals surface area contributed by atoms with Crippen LogP contribution in [0.25, 0.3) is 0 Å². The number of carbonyl (C=O) groups is 1. The summed E-state index contributed by atoms with van der Waals surface area (Å²) in [5.41, 5.74) is 4.56.